The van der Waals surface area contributed by atoms with Crippen molar-refractivity contribution in [2.24, 2.45) is 27.8 Å². The molecule has 4 saturated carbocycles. The fraction of sp³-hybridized carbons (Fsp3) is 0.523. The second-order valence-corrected chi connectivity index (χ2v) is 40.1. The molecule has 4 heterocycles. The van der Waals surface area contributed by atoms with Gasteiger partial charge in [-0.05, 0) is 129 Å². The number of methoxy groups -OCH3 is 2. The predicted molar refractivity (Wildman–Crippen MR) is 459 cm³/mol. The zero-order valence-electron chi connectivity index (χ0n) is 73.0. The van der Waals surface area contributed by atoms with Crippen molar-refractivity contribution in [1.82, 2.24) is 45.8 Å². The van der Waals surface area contributed by atoms with E-state index in [1.807, 2.05) is 105 Å². The van der Waals surface area contributed by atoms with Crippen molar-refractivity contribution in [3.8, 4) is 45.5 Å². The summed E-state index contributed by atoms with van der Waals surface area (Å²) in [5, 5.41) is 27.4. The third-order valence-electron chi connectivity index (χ3n) is 22.4. The molecule has 6 aromatic rings. The van der Waals surface area contributed by atoms with E-state index in [9.17, 15) is 60.3 Å². The number of aliphatic carboxylic acids is 1. The number of benzene rings is 4. The van der Waals surface area contributed by atoms with Crippen molar-refractivity contribution in [1.29, 1.82) is 1.34 Å². The number of alkyl carbamates (subject to hydrolysis) is 2. The number of aromatic nitrogens is 2. The average Bonchev–Trinajstić information content (AvgIpc) is 1.56. The van der Waals surface area contributed by atoms with Crippen molar-refractivity contribution >= 4 is 97.9 Å². The first-order chi connectivity index (χ1) is 56.6. The Morgan fingerprint density at radius 2 is 0.959 bits per heavy atom. The van der Waals surface area contributed by atoms with Gasteiger partial charge in [0.05, 0.1) is 59.2 Å². The number of sulfonamides is 2. The second kappa shape index (κ2) is 37.8. The summed E-state index contributed by atoms with van der Waals surface area (Å²) in [5.41, 5.74) is -2.14. The summed E-state index contributed by atoms with van der Waals surface area (Å²) in [4.78, 5) is 122. The summed E-state index contributed by atoms with van der Waals surface area (Å²) in [6.45, 7) is 32.4. The van der Waals surface area contributed by atoms with Gasteiger partial charge in [-0.25, -0.2) is 46.3 Å². The van der Waals surface area contributed by atoms with E-state index >= 15 is 0 Å². The summed E-state index contributed by atoms with van der Waals surface area (Å²) in [7, 11) is -0.401. The number of nitrogens with two attached hydrogens (primary N) is 1. The molecule has 0 spiro atoms. The van der Waals surface area contributed by atoms with Gasteiger partial charge in [0.15, 0.2) is 0 Å². The van der Waals surface area contributed by atoms with Crippen LogP contribution >= 0.6 is 0 Å². The molecule has 2 aliphatic heterocycles. The van der Waals surface area contributed by atoms with Crippen LogP contribution in [0.25, 0.3) is 44.3 Å². The number of carbonyl (C=O) groups is 8. The first-order valence-electron chi connectivity index (χ1n) is 40.9. The molecule has 121 heavy (non-hydrogen) atoms. The van der Waals surface area contributed by atoms with E-state index < -0.39 is 159 Å². The summed E-state index contributed by atoms with van der Waals surface area (Å²) < 4.78 is 90.0. The number of amides is 7. The number of likely N-dealkylation sites (tertiary alicyclic amines) is 2. The molecule has 4 aromatic carbocycles. The summed E-state index contributed by atoms with van der Waals surface area (Å²) in [6, 6.07) is 29.2. The van der Waals surface area contributed by atoms with Crippen molar-refractivity contribution in [3.63, 3.8) is 0 Å². The van der Waals surface area contributed by atoms with Crippen LogP contribution in [0.4, 0.5) is 9.59 Å². The number of nitrogens with zero attached hydrogens (tertiary/aromatic N) is 4. The predicted octanol–water partition coefficient (Wildman–Crippen LogP) is 11.3. The first kappa shape index (κ1) is 95.6. The number of rotatable bonds is 27. The molecule has 6 aliphatic rings. The molecular weight excluding hydrogens is 1810 g/mol. The summed E-state index contributed by atoms with van der Waals surface area (Å²) in [5.74, 6) is -3.22. The van der Waals surface area contributed by atoms with Gasteiger partial charge in [0.2, 0.25) is 43.7 Å². The molecule has 652 valence electrons. The van der Waals surface area contributed by atoms with Gasteiger partial charge in [-0.2, -0.15) is 0 Å². The van der Waals surface area contributed by atoms with Crippen LogP contribution in [-0.2, 0) is 58.3 Å². The van der Waals surface area contributed by atoms with Crippen LogP contribution in [0.5, 0.6) is 23.0 Å². The number of carbonyl (C=O) groups excluding carboxylic acids is 7. The Morgan fingerprint density at radius 3 is 1.27 bits per heavy atom. The summed E-state index contributed by atoms with van der Waals surface area (Å²) >= 11 is 0. The molecule has 33 heteroatoms. The topological polar surface area (TPSA) is 399 Å². The molecule has 6 fully saturated rings. The largest absolute Gasteiger partial charge is 0.497 e. The van der Waals surface area contributed by atoms with Crippen LogP contribution in [0.1, 0.15) is 174 Å². The molecule has 7 amide bonds. The molecule has 10 atom stereocenters. The van der Waals surface area contributed by atoms with Crippen molar-refractivity contribution in [2.75, 3.05) is 27.3 Å². The quantitative estimate of drug-likeness (QED) is 0.0186. The average molecular weight is 1930 g/mol. The minimum atomic E-state index is -4.04. The van der Waals surface area contributed by atoms with Crippen LogP contribution < -0.4 is 50.1 Å². The van der Waals surface area contributed by atoms with E-state index in [1.54, 1.807) is 116 Å². The Morgan fingerprint density at radius 1 is 0.587 bits per heavy atom. The number of nitrogens with one attached hydrogen (secondary N) is 5. The third-order valence-corrected chi connectivity index (χ3v) is 26.5. The Balaban J connectivity index is 0.000000267. The molecule has 2 aromatic heterocycles. The van der Waals surface area contributed by atoms with E-state index in [1.165, 1.54) is 22.0 Å². The molecule has 12 rings (SSSR count). The monoisotopic (exact) mass is 1930 g/mol. The van der Waals surface area contributed by atoms with Gasteiger partial charge in [-0.15, -0.1) is 13.2 Å². The van der Waals surface area contributed by atoms with Crippen molar-refractivity contribution in [3.05, 3.63) is 135 Å². The SMILES string of the molecule is C=C[C@@H]1C[C@]1(NC(=O)[C@@H]1C[C@@H](Oc2cc(-c3ccccc3)nc3cc(OC)ccc23)CN1C(=O)[C@@H](NC(=O)OC(C)(C)C)C(C)(C)C)C(=O)NS(=O)(=O)C1(CCC)CC1.C=C[C@@H]1C[C@]1(NC(=O)[C@@H]1C[C@@H](Oc2cc(-c3ccccc3)nc3cc(OC)ccc23)CN1C(=O)[C@@H](NC(=O)OC(C)(C)C)C(C)(C)C)C(=O)O.CCCC1(S(N)(=O)=O)CC1.[2H][B].[U]. The molecular formula is C88H117BN10O19S2U. The fourth-order valence-corrected chi connectivity index (χ4v) is 18.3. The van der Waals surface area contributed by atoms with Gasteiger partial charge in [0.25, 0.3) is 5.91 Å². The third kappa shape index (κ3) is 22.8. The molecule has 8 N–H and O–H groups in total. The van der Waals surface area contributed by atoms with Crippen LogP contribution in [-0.4, -0.2) is 195 Å². The number of pyridine rings is 2. The van der Waals surface area contributed by atoms with E-state index in [2.05, 4.69) is 47.5 Å². The molecule has 2 saturated heterocycles. The fourth-order valence-electron chi connectivity index (χ4n) is 15.4. The second-order valence-electron chi connectivity index (χ2n) is 36.0. The van der Waals surface area contributed by atoms with Crippen LogP contribution in [0, 0.1) is 53.8 Å². The first-order valence-corrected chi connectivity index (χ1v) is 43.4. The van der Waals surface area contributed by atoms with E-state index in [0.717, 1.165) is 36.8 Å². The zero-order chi connectivity index (χ0) is 89.6. The Kier molecular flexibility index (Phi) is 29.9. The smallest absolute Gasteiger partial charge is 0.408 e. The number of primary sulfonamides is 1. The van der Waals surface area contributed by atoms with Crippen LogP contribution in [0.2, 0.25) is 0 Å². The van der Waals surface area contributed by atoms with Crippen molar-refractivity contribution in [2.45, 2.75) is 242 Å². The molecule has 2 radical (unpaired) electrons. The van der Waals surface area contributed by atoms with Gasteiger partial charge >= 0.3 is 18.2 Å². The number of hydrogen-bond acceptors (Lipinski definition) is 20. The van der Waals surface area contributed by atoms with E-state index in [-0.39, 0.29) is 69.9 Å². The standard InChI is InChI=1S/C44H57N5O9S.C38H46N4O8.C6H13NO2S.BH.U/c1-10-19-43(20-21-43)59(54,55)48-39(52)44(25-28(44)11-2)47-37(50)34-23-30(26-49(34)38(51)36(41(3,4)5)46-40(53)58-42(6,7)8)57-35-24-32(27-15-13-12-14-16-27)45-33-22-29(56-9)17-18-31(33)35;1-9-23-20-38(23,34(45)46)41-32(43)29-18-25(21-42(29)33(44)31(36(2,3)4)40-35(47)50-37(5,6)7)49-30-19-27(22-13-11-10-12-14-22)39-28-17-24(48-8)15-16-26(28)30;1-2-3-6(4-5-6)10(7,8)9;;/h11-18,22,24,28,30,34,36H,2,10,19-21,23,25-26H2,1,3-9H3,(H,46,53)(H,47,50)(H,48,52);9-17,19,23,25,29,31H,1,18,20-21H2,2-8H3,(H,40,47)(H,41,43)(H,45,46);2-5H2,1H3,(H2,7,8,9);1H;/t28-,30-,34+,36-,44-;23-,25-,29+,31-,38-;;;/m11.../s1/i;;;1D;. The maximum Gasteiger partial charge on any atom is 0.408 e. The van der Waals surface area contributed by atoms with Gasteiger partial charge in [-0.3, -0.25) is 28.7 Å². The minimum absolute atomic E-state index is 0. The number of fused-ring (bicyclic) bond motifs is 2. The number of carboxylic acids is 1. The van der Waals surface area contributed by atoms with E-state index in [0.29, 0.717) is 81.9 Å². The number of carboxylic acid groups (broad SMARTS) is 1. The van der Waals surface area contributed by atoms with Crippen LogP contribution in [0.15, 0.2) is 135 Å². The molecule has 0 bridgehead atoms. The van der Waals surface area contributed by atoms with Gasteiger partial charge in [0, 0.05) is 110 Å². The Bertz CT molecular complexity index is 5100. The van der Waals surface area contributed by atoms with Gasteiger partial charge < -0.3 is 64.6 Å². The zero-order valence-corrected chi connectivity index (χ0v) is 77.8. The van der Waals surface area contributed by atoms with Gasteiger partial charge in [-0.1, -0.05) is 141 Å². The van der Waals surface area contributed by atoms with Gasteiger partial charge in [0.1, 0.15) is 81.7 Å². The maximum atomic E-state index is 14.8. The van der Waals surface area contributed by atoms with Crippen molar-refractivity contribution < 1.29 is 120 Å². The molecule has 29 nitrogen and oxygen atoms in total. The summed E-state index contributed by atoms with van der Waals surface area (Å²) in [6.07, 6.45) is 5.54. The Hall–Kier alpha value is -9.28. The normalized spacial score (nSPS) is 22.2. The maximum absolute atomic E-state index is 14.8. The van der Waals surface area contributed by atoms with E-state index in [4.69, 9.17) is 44.9 Å². The molecule has 0 unspecified atom stereocenters. The number of hydrogen-bond donors (Lipinski definition) is 7. The molecule has 4 aliphatic carbocycles. The van der Waals surface area contributed by atoms with Crippen LogP contribution in [0.3, 0.4) is 0 Å². The number of ether oxygens (including phenoxy) is 6. The minimum Gasteiger partial charge on any atom is -0.497 e. The Labute approximate surface area is 737 Å².